The molecule has 0 saturated heterocycles. The van der Waals surface area contributed by atoms with Crippen LogP contribution in [0.4, 0.5) is 33.3 Å². The average molecular weight is 1930 g/mol. The van der Waals surface area contributed by atoms with Crippen LogP contribution < -0.4 is 9.80 Å². The first-order valence-electron chi connectivity index (χ1n) is 44.5. The van der Waals surface area contributed by atoms with E-state index in [2.05, 4.69) is 167 Å². The van der Waals surface area contributed by atoms with Crippen molar-refractivity contribution in [1.29, 1.82) is 36.8 Å². The summed E-state index contributed by atoms with van der Waals surface area (Å²) in [5.41, 5.74) is 10.1. The average Bonchev–Trinajstić information content (AvgIpc) is 1.56. The fraction of sp³-hybridized carbons (Fsp3) is 0.333. The molecule has 6 aromatic rings. The van der Waals surface area contributed by atoms with Gasteiger partial charge in [0.1, 0.15) is 41.2 Å². The second-order valence-electron chi connectivity index (χ2n) is 36.6. The Labute approximate surface area is 820 Å². The van der Waals surface area contributed by atoms with Crippen LogP contribution in [-0.4, -0.2) is 38.4 Å². The van der Waals surface area contributed by atoms with Gasteiger partial charge in [-0.1, -0.05) is 232 Å². The molecule has 4 atom stereocenters. The second-order valence-corrected chi connectivity index (χ2v) is 38.5. The van der Waals surface area contributed by atoms with E-state index in [-0.39, 0.29) is 55.7 Å². The predicted molar refractivity (Wildman–Crippen MR) is 529 cm³/mol. The van der Waals surface area contributed by atoms with E-state index < -0.39 is 57.1 Å². The molecule has 7 aliphatic rings. The Bertz CT molecular complexity index is 6600. The van der Waals surface area contributed by atoms with Crippen LogP contribution in [0.5, 0.6) is 0 Å². The van der Waals surface area contributed by atoms with Crippen LogP contribution in [0.2, 0.25) is 25.1 Å². The van der Waals surface area contributed by atoms with Crippen molar-refractivity contribution in [2.75, 3.05) is 43.1 Å². The van der Waals surface area contributed by atoms with Crippen LogP contribution in [0.15, 0.2) is 264 Å². The van der Waals surface area contributed by atoms with Gasteiger partial charge in [0.05, 0.1) is 89.9 Å². The first-order chi connectivity index (χ1) is 64.4. The van der Waals surface area contributed by atoms with Crippen molar-refractivity contribution in [3.05, 3.63) is 369 Å². The molecule has 1 saturated carbocycles. The summed E-state index contributed by atoms with van der Waals surface area (Å²) in [6, 6.07) is 47.5. The van der Waals surface area contributed by atoms with Gasteiger partial charge in [0.25, 0.3) is 0 Å². The van der Waals surface area contributed by atoms with Crippen LogP contribution in [0, 0.1) is 126 Å². The highest BCUT2D eigenvalue weighted by atomic mass is 35.5. The minimum atomic E-state index is -2.33. The van der Waals surface area contributed by atoms with Gasteiger partial charge in [-0.15, -0.1) is 0 Å². The van der Waals surface area contributed by atoms with E-state index in [9.17, 15) is 53.5 Å². The van der Waals surface area contributed by atoms with E-state index in [1.54, 1.807) is 101 Å². The van der Waals surface area contributed by atoms with Gasteiger partial charge in [0.15, 0.2) is 63.0 Å². The molecule has 6 aromatic carbocycles. The molecule has 1 fully saturated rings. The molecule has 700 valence electrons. The third-order valence-electron chi connectivity index (χ3n) is 25.5. The van der Waals surface area contributed by atoms with Crippen LogP contribution in [0.3, 0.4) is 0 Å². The molecule has 0 spiro atoms. The first kappa shape index (κ1) is 105. The Balaban J connectivity index is 0.000000191. The zero-order valence-electron chi connectivity index (χ0n) is 79.2. The maximum Gasteiger partial charge on any atom is 0.204 e. The Hall–Kier alpha value is -12.8. The summed E-state index contributed by atoms with van der Waals surface area (Å²) < 4.78 is 96.0. The molecular formula is C111H106Cl5F5N10O5. The van der Waals surface area contributed by atoms with E-state index in [0.717, 1.165) is 79.2 Å². The maximum atomic E-state index is 14.8. The quantitative estimate of drug-likeness (QED) is 0.0277. The Morgan fingerprint density at radius 3 is 1.49 bits per heavy atom. The van der Waals surface area contributed by atoms with E-state index in [1.807, 2.05) is 44.2 Å². The van der Waals surface area contributed by atoms with Crippen molar-refractivity contribution in [2.45, 2.75) is 197 Å². The summed E-state index contributed by atoms with van der Waals surface area (Å²) in [5, 5.41) is 78.3. The minimum Gasteiger partial charge on any atom is -0.488 e. The minimum absolute atomic E-state index is 0.0186. The molecule has 15 nitrogen and oxygen atoms in total. The molecule has 4 unspecified atom stereocenters. The van der Waals surface area contributed by atoms with Crippen LogP contribution in [0.1, 0.15) is 213 Å². The standard InChI is InChI=1S/C36H37Cl2N3O.C33H38N2O.C26H20F5N3O2.C16H11Cl3N2O/c1-8-41(9-2)29-15-12-25(13-16-29)10-11-26-18-27(22-35(4,5)21-26)19-31-30(23-39)34(24(3)40-7)42-36(31,6)28-14-17-32(37)33(38)20-28;1-23-18-25(20-32(3,4)19-23)10-9-13-30-29(22-35)31(24(2)21-34)36-33(30,5)28-16-14-27(15-17-28)26-11-7-6-8-12-26;1-14(12-32)25-17(13-33)18(9-6-15-4-7-16(8-5-15)34(3)10-11-35)26(2,36-25)19-20(27)22(29)24(31)23(30)21(19)28;1-8(6-20)15-10(7-21)9(2)16(3,22-15)11-4-5-12(17)14(19)13(11)18/h10-20H,8-9,21-22H2,1-6H3;9-10,13-18,26H,6-8,11-12,19-20H2,1-5H3;4-9,35H,10-11H2,1-3H3;4-5H,1-3H3/b11-10+,27-19-,34-24-;13-9+,25-10-,31-24-;9-6+,25-14-;15-8-. The van der Waals surface area contributed by atoms with Gasteiger partial charge in [0, 0.05) is 65.9 Å². The molecule has 0 bridgehead atoms. The highest BCUT2D eigenvalue weighted by Crippen LogP contribution is 2.55. The largest absolute Gasteiger partial charge is 0.488 e. The number of aliphatic hydroxyl groups excluding tert-OH is 1. The number of nitrogens with zero attached hydrogens (tertiary/aromatic N) is 10. The normalized spacial score (nSPS) is 22.6. The number of rotatable bonds is 18. The van der Waals surface area contributed by atoms with Crippen molar-refractivity contribution in [1.82, 2.24) is 0 Å². The van der Waals surface area contributed by atoms with Gasteiger partial charge in [-0.05, 0) is 225 Å². The molecule has 0 radical (unpaired) electrons. The molecule has 0 amide bonds. The van der Waals surface area contributed by atoms with Crippen LogP contribution >= 0.6 is 58.0 Å². The van der Waals surface area contributed by atoms with Crippen LogP contribution in [0.25, 0.3) is 17.0 Å². The van der Waals surface area contributed by atoms with Crippen molar-refractivity contribution < 1.29 is 46.0 Å². The van der Waals surface area contributed by atoms with E-state index >= 15 is 0 Å². The Morgan fingerprint density at radius 2 is 0.971 bits per heavy atom. The third kappa shape index (κ3) is 22.6. The smallest absolute Gasteiger partial charge is 0.204 e. The number of allylic oxidation sites excluding steroid dienone is 17. The van der Waals surface area contributed by atoms with Gasteiger partial charge in [-0.3, -0.25) is 0 Å². The summed E-state index contributed by atoms with van der Waals surface area (Å²) in [6.07, 6.45) is 30.2. The summed E-state index contributed by atoms with van der Waals surface area (Å²) in [5.74, 6) is -9.59. The summed E-state index contributed by atoms with van der Waals surface area (Å²) in [7, 11) is 1.78. The van der Waals surface area contributed by atoms with Gasteiger partial charge in [0.2, 0.25) is 11.5 Å². The number of hydrogen-bond acceptors (Lipinski definition) is 14. The first-order valence-corrected chi connectivity index (χ1v) is 46.3. The number of halogens is 10. The number of benzene rings is 6. The van der Waals surface area contributed by atoms with E-state index in [1.165, 1.54) is 79.2 Å². The van der Waals surface area contributed by atoms with Gasteiger partial charge in [-0.2, -0.15) is 36.8 Å². The number of ether oxygens (including phenoxy) is 4. The summed E-state index contributed by atoms with van der Waals surface area (Å²) in [4.78, 5) is 7.72. The number of hydrogen-bond donors (Lipinski definition) is 1. The van der Waals surface area contributed by atoms with E-state index in [4.69, 9.17) is 93.9 Å². The predicted octanol–water partition coefficient (Wildman–Crippen LogP) is 30.2. The molecule has 136 heavy (non-hydrogen) atoms. The third-order valence-corrected chi connectivity index (χ3v) is 27.6. The zero-order chi connectivity index (χ0) is 100. The van der Waals surface area contributed by atoms with Gasteiger partial charge >= 0.3 is 0 Å². The number of anilines is 2. The second kappa shape index (κ2) is 44.3. The lowest BCUT2D eigenvalue weighted by Crippen LogP contribution is -2.28. The molecule has 25 heteroatoms. The zero-order valence-corrected chi connectivity index (χ0v) is 83.0. The number of nitriles is 7. The van der Waals surface area contributed by atoms with E-state index in [0.29, 0.717) is 94.9 Å². The number of aliphatic hydroxyl groups is 1. The maximum absolute atomic E-state index is 14.8. The van der Waals surface area contributed by atoms with Crippen molar-refractivity contribution in [3.63, 3.8) is 0 Å². The highest BCUT2D eigenvalue weighted by Gasteiger charge is 2.51. The fourth-order valence-electron chi connectivity index (χ4n) is 18.2. The molecule has 4 heterocycles. The number of likely N-dealkylation sites (N-methyl/N-ethyl adjacent to an activating group) is 1. The molecule has 1 N–H and O–H groups in total. The highest BCUT2D eigenvalue weighted by molar-refractivity contribution is 6.48. The summed E-state index contributed by atoms with van der Waals surface area (Å²) >= 11 is 31.0. The van der Waals surface area contributed by atoms with Crippen molar-refractivity contribution in [3.8, 4) is 42.5 Å². The molecular weight excluding hydrogens is 1830 g/mol. The lowest BCUT2D eigenvalue weighted by Gasteiger charge is -2.32. The Kier molecular flexibility index (Phi) is 34.3. The SMILES string of the molecule is C/C(C#N)=C1/OC(C)(c2c(F)c(F)c(F)c(F)c2F)C(/C=C/c2ccc(N(C)CCO)cc2)=C1C#N.CC1=C(C#N)/C(=C(\C)C#N)OC1(C)c1ccc(Cl)c(Cl)c1Cl.CC1=C/C(=C/C=C/C2=C(C#N)C(=C(\C)C#N)/OC2(C)c2ccc(C3CCCCC3)cc2)CC(C)(C)C1.[C-]#[N+]/C(C)=C1\OC(C)(c2ccc(Cl)c(Cl)c2)C(/C=C2C=C(/C=C/c3ccc(N(CC)CC)cc3)CC(C)(C)C/2)=C1C#N. The molecule has 3 aliphatic carbocycles. The van der Waals surface area contributed by atoms with Gasteiger partial charge in [-0.25, -0.2) is 26.8 Å². The summed E-state index contributed by atoms with van der Waals surface area (Å²) in [6.45, 7) is 40.4. The molecule has 4 aliphatic heterocycles. The fourth-order valence-corrected chi connectivity index (χ4v) is 19.2. The lowest BCUT2D eigenvalue weighted by atomic mass is 9.74. The topological polar surface area (TPSA) is 235 Å². The Morgan fingerprint density at radius 1 is 0.500 bits per heavy atom. The lowest BCUT2D eigenvalue weighted by molar-refractivity contribution is 0.0655. The van der Waals surface area contributed by atoms with Crippen LogP contribution in [-0.2, 0) is 41.4 Å². The molecule has 0 aromatic heterocycles. The van der Waals surface area contributed by atoms with Crippen molar-refractivity contribution >= 4 is 81.5 Å². The van der Waals surface area contributed by atoms with Gasteiger partial charge < -0.3 is 33.9 Å². The molecule has 13 rings (SSSR count). The van der Waals surface area contributed by atoms with Crippen molar-refractivity contribution in [2.24, 2.45) is 10.8 Å². The monoisotopic (exact) mass is 1930 g/mol.